The van der Waals surface area contributed by atoms with Crippen LogP contribution in [0.5, 0.6) is 0 Å². The number of nitrogens with one attached hydrogen (secondary N) is 1. The molecule has 1 heterocycles. The van der Waals surface area contributed by atoms with Gasteiger partial charge in [-0.05, 0) is 17.5 Å². The Kier molecular flexibility index (Phi) is 6.49. The highest BCUT2D eigenvalue weighted by atomic mass is 32.2. The maximum atomic E-state index is 12.8. The number of amides is 1. The second-order valence-electron chi connectivity index (χ2n) is 6.20. The van der Waals surface area contributed by atoms with Gasteiger partial charge in [-0.3, -0.25) is 9.36 Å². The van der Waals surface area contributed by atoms with Crippen molar-refractivity contribution in [2.45, 2.75) is 18.1 Å². The molecule has 0 unspecified atom stereocenters. The van der Waals surface area contributed by atoms with Crippen LogP contribution in [0.1, 0.15) is 11.1 Å². The third-order valence-electron chi connectivity index (χ3n) is 4.25. The van der Waals surface area contributed by atoms with Crippen LogP contribution < -0.4 is 5.69 Å². The lowest BCUT2D eigenvalue weighted by molar-refractivity contribution is -0.128. The predicted octanol–water partition coefficient (Wildman–Crippen LogP) is 2.47. The lowest BCUT2D eigenvalue weighted by Crippen LogP contribution is -2.34. The summed E-state index contributed by atoms with van der Waals surface area (Å²) in [5.74, 6) is 0.259. The van der Waals surface area contributed by atoms with Gasteiger partial charge >= 0.3 is 5.69 Å². The number of carbonyl (C=O) groups is 1. The Bertz CT molecular complexity index is 922. The molecule has 0 radical (unpaired) electrons. The number of thioether (sulfide) groups is 1. The molecule has 1 amide bonds. The van der Waals surface area contributed by atoms with Crippen molar-refractivity contribution < 1.29 is 4.79 Å². The summed E-state index contributed by atoms with van der Waals surface area (Å²) in [7, 11) is 1.63. The molecule has 0 saturated heterocycles. The number of hydrogen-bond acceptors (Lipinski definition) is 4. The van der Waals surface area contributed by atoms with E-state index in [2.05, 4.69) is 22.3 Å². The van der Waals surface area contributed by atoms with Gasteiger partial charge in [0, 0.05) is 20.1 Å². The molecule has 0 aliphatic carbocycles. The number of aromatic nitrogens is 3. The highest BCUT2D eigenvalue weighted by molar-refractivity contribution is 7.99. The highest BCUT2D eigenvalue weighted by Crippen LogP contribution is 2.15. The van der Waals surface area contributed by atoms with Crippen molar-refractivity contribution in [2.75, 3.05) is 12.3 Å². The van der Waals surface area contributed by atoms with Gasteiger partial charge < -0.3 is 4.90 Å². The summed E-state index contributed by atoms with van der Waals surface area (Å²) in [6.45, 7) is 1.20. The predicted molar refractivity (Wildman–Crippen MR) is 107 cm³/mol. The maximum absolute atomic E-state index is 12.8. The molecule has 0 fully saturated rings. The maximum Gasteiger partial charge on any atom is 0.343 e. The molecule has 1 N–H and O–H groups in total. The van der Waals surface area contributed by atoms with Gasteiger partial charge in [-0.15, -0.1) is 5.10 Å². The Morgan fingerprint density at radius 1 is 1.07 bits per heavy atom. The number of hydrogen-bond donors (Lipinski definition) is 1. The standard InChI is InChI=1S/C20H22N4O2S/c1-23-19(26)21-22-20(23)27-15-18(25)24(14-17-10-6-3-7-11-17)13-12-16-8-4-2-5-9-16/h2-11H,12-15H2,1H3,(H,21,26). The van der Waals surface area contributed by atoms with E-state index >= 15 is 0 Å². The first-order chi connectivity index (χ1) is 13.1. The van der Waals surface area contributed by atoms with E-state index < -0.39 is 0 Å². The number of carbonyl (C=O) groups excluding carboxylic acids is 1. The Hall–Kier alpha value is -2.80. The van der Waals surface area contributed by atoms with Gasteiger partial charge in [-0.25, -0.2) is 9.89 Å². The first-order valence-corrected chi connectivity index (χ1v) is 9.72. The number of nitrogens with zero attached hydrogens (tertiary/aromatic N) is 3. The van der Waals surface area contributed by atoms with Crippen LogP contribution in [-0.4, -0.2) is 37.9 Å². The summed E-state index contributed by atoms with van der Waals surface area (Å²) >= 11 is 1.27. The number of aromatic amines is 1. The Morgan fingerprint density at radius 2 is 1.70 bits per heavy atom. The topological polar surface area (TPSA) is 71.0 Å². The fourth-order valence-corrected chi connectivity index (χ4v) is 3.51. The average molecular weight is 382 g/mol. The van der Waals surface area contributed by atoms with E-state index in [4.69, 9.17) is 0 Å². The molecule has 1 aromatic heterocycles. The molecule has 3 rings (SSSR count). The molecular weight excluding hydrogens is 360 g/mol. The van der Waals surface area contributed by atoms with Crippen LogP contribution in [0.4, 0.5) is 0 Å². The van der Waals surface area contributed by atoms with Gasteiger partial charge in [0.05, 0.1) is 5.75 Å². The highest BCUT2D eigenvalue weighted by Gasteiger charge is 2.16. The smallest absolute Gasteiger partial charge is 0.337 e. The van der Waals surface area contributed by atoms with Gasteiger partial charge in [-0.1, -0.05) is 72.4 Å². The molecule has 0 aliphatic rings. The molecule has 27 heavy (non-hydrogen) atoms. The van der Waals surface area contributed by atoms with Crippen molar-refractivity contribution in [3.05, 3.63) is 82.3 Å². The minimum Gasteiger partial charge on any atom is -0.337 e. The van der Waals surface area contributed by atoms with E-state index in [1.165, 1.54) is 21.9 Å². The molecule has 3 aromatic rings. The largest absolute Gasteiger partial charge is 0.343 e. The van der Waals surface area contributed by atoms with Gasteiger partial charge in [-0.2, -0.15) is 0 Å². The Morgan fingerprint density at radius 3 is 2.30 bits per heavy atom. The molecule has 7 heteroatoms. The van der Waals surface area contributed by atoms with Crippen molar-refractivity contribution in [1.82, 2.24) is 19.7 Å². The van der Waals surface area contributed by atoms with Crippen LogP contribution in [0.15, 0.2) is 70.6 Å². The normalized spacial score (nSPS) is 10.7. The summed E-state index contributed by atoms with van der Waals surface area (Å²) in [4.78, 5) is 26.2. The van der Waals surface area contributed by atoms with Crippen LogP contribution >= 0.6 is 11.8 Å². The van der Waals surface area contributed by atoms with Crippen molar-refractivity contribution in [1.29, 1.82) is 0 Å². The number of benzene rings is 2. The summed E-state index contributed by atoms with van der Waals surface area (Å²) in [5, 5.41) is 6.84. The molecule has 0 spiro atoms. The second-order valence-corrected chi connectivity index (χ2v) is 7.14. The van der Waals surface area contributed by atoms with E-state index in [9.17, 15) is 9.59 Å². The molecule has 140 valence electrons. The summed E-state index contributed by atoms with van der Waals surface area (Å²) in [5.41, 5.74) is 2.01. The van der Waals surface area contributed by atoms with Crippen LogP contribution in [-0.2, 0) is 24.8 Å². The van der Waals surface area contributed by atoms with Gasteiger partial charge in [0.2, 0.25) is 5.91 Å². The fraction of sp³-hybridized carbons (Fsp3) is 0.250. The monoisotopic (exact) mass is 382 g/mol. The number of rotatable bonds is 8. The summed E-state index contributed by atoms with van der Waals surface area (Å²) in [6, 6.07) is 20.1. The third-order valence-corrected chi connectivity index (χ3v) is 5.26. The van der Waals surface area contributed by atoms with Crippen molar-refractivity contribution in [3.63, 3.8) is 0 Å². The fourth-order valence-electron chi connectivity index (χ4n) is 2.68. The average Bonchev–Trinajstić information content (AvgIpc) is 3.03. The minimum absolute atomic E-state index is 0.0234. The van der Waals surface area contributed by atoms with Crippen LogP contribution in [0.3, 0.4) is 0 Å². The first kappa shape index (κ1) is 19.0. The van der Waals surface area contributed by atoms with E-state index in [1.54, 1.807) is 7.05 Å². The zero-order valence-corrected chi connectivity index (χ0v) is 16.0. The van der Waals surface area contributed by atoms with E-state index in [0.29, 0.717) is 18.2 Å². The Balaban J connectivity index is 1.66. The quantitative estimate of drug-likeness (QED) is 0.608. The van der Waals surface area contributed by atoms with Gasteiger partial charge in [0.15, 0.2) is 5.16 Å². The number of H-pyrrole nitrogens is 1. The minimum atomic E-state index is -0.282. The molecule has 2 aromatic carbocycles. The molecular formula is C20H22N4O2S. The first-order valence-electron chi connectivity index (χ1n) is 8.73. The van der Waals surface area contributed by atoms with Crippen molar-refractivity contribution in [3.8, 4) is 0 Å². The van der Waals surface area contributed by atoms with Crippen LogP contribution in [0.25, 0.3) is 0 Å². The summed E-state index contributed by atoms with van der Waals surface area (Å²) < 4.78 is 1.41. The lowest BCUT2D eigenvalue weighted by atomic mass is 10.1. The lowest BCUT2D eigenvalue weighted by Gasteiger charge is -2.23. The molecule has 0 saturated carbocycles. The molecule has 0 bridgehead atoms. The molecule has 0 atom stereocenters. The van der Waals surface area contributed by atoms with Crippen LogP contribution in [0.2, 0.25) is 0 Å². The van der Waals surface area contributed by atoms with Crippen molar-refractivity contribution in [2.24, 2.45) is 7.05 Å². The van der Waals surface area contributed by atoms with Crippen molar-refractivity contribution >= 4 is 17.7 Å². The molecule has 6 nitrogen and oxygen atoms in total. The van der Waals surface area contributed by atoms with Gasteiger partial charge in [0.25, 0.3) is 0 Å². The Labute approximate surface area is 162 Å². The third kappa shape index (κ3) is 5.34. The molecule has 0 aliphatic heterocycles. The van der Waals surface area contributed by atoms with E-state index in [-0.39, 0.29) is 17.3 Å². The zero-order valence-electron chi connectivity index (χ0n) is 15.2. The summed E-state index contributed by atoms with van der Waals surface area (Å²) in [6.07, 6.45) is 0.797. The second kappa shape index (κ2) is 9.23. The van der Waals surface area contributed by atoms with E-state index in [1.807, 2.05) is 53.4 Å². The SMILES string of the molecule is Cn1c(SCC(=O)N(CCc2ccccc2)Cc2ccccc2)n[nH]c1=O. The van der Waals surface area contributed by atoms with Crippen LogP contribution in [0, 0.1) is 0 Å². The van der Waals surface area contributed by atoms with Gasteiger partial charge in [0.1, 0.15) is 0 Å². The zero-order chi connectivity index (χ0) is 19.1. The van der Waals surface area contributed by atoms with E-state index in [0.717, 1.165) is 12.0 Å².